The van der Waals surface area contributed by atoms with E-state index in [1.165, 1.54) is 37.9 Å². The molecule has 0 spiro atoms. The molecule has 1 aromatic carbocycles. The van der Waals surface area contributed by atoms with E-state index >= 15 is 0 Å². The minimum atomic E-state index is -1.64. The highest BCUT2D eigenvalue weighted by Crippen LogP contribution is 2.37. The molecule has 0 amide bonds. The molecule has 2 rings (SSSR count). The Bertz CT molecular complexity index is 486. The van der Waals surface area contributed by atoms with E-state index < -0.39 is 8.32 Å². The first-order chi connectivity index (χ1) is 11.2. The zero-order valence-corrected chi connectivity index (χ0v) is 17.6. The number of piperidine rings is 1. The van der Waals surface area contributed by atoms with Crippen LogP contribution in [-0.4, -0.2) is 39.0 Å². The average Bonchev–Trinajstić information content (AvgIpc) is 2.48. The maximum atomic E-state index is 6.52. The van der Waals surface area contributed by atoms with Crippen molar-refractivity contribution in [2.75, 3.05) is 19.6 Å². The molecule has 0 radical (unpaired) electrons. The van der Waals surface area contributed by atoms with Crippen LogP contribution in [0.25, 0.3) is 0 Å². The Labute approximate surface area is 150 Å². The van der Waals surface area contributed by atoms with Gasteiger partial charge in [-0.15, -0.1) is 0 Å². The fraction of sp³-hybridized carbons (Fsp3) is 0.714. The first-order valence-electron chi connectivity index (χ1n) is 9.61. The molecule has 0 saturated carbocycles. The molecule has 0 aromatic heterocycles. The van der Waals surface area contributed by atoms with Gasteiger partial charge in [0.05, 0.1) is 6.10 Å². The molecule has 2 nitrogen and oxygen atoms in total. The van der Waals surface area contributed by atoms with E-state index in [1.807, 2.05) is 0 Å². The quantitative estimate of drug-likeness (QED) is 0.643. The van der Waals surface area contributed by atoms with Crippen LogP contribution in [0.3, 0.4) is 0 Å². The zero-order chi connectivity index (χ0) is 17.8. The Balaban J connectivity index is 1.74. The predicted octanol–water partition coefficient (Wildman–Crippen LogP) is 5.35. The van der Waals surface area contributed by atoms with Crippen LogP contribution in [0.4, 0.5) is 0 Å². The third-order valence-corrected chi connectivity index (χ3v) is 10.5. The van der Waals surface area contributed by atoms with Gasteiger partial charge in [-0.1, -0.05) is 51.1 Å². The standard InChI is InChI=1S/C21H37NOSi/c1-18(23-24(5,6)21(2,3)4)17-22-14-12-20(13-15-22)16-19-10-8-7-9-11-19/h7-11,18,20H,12-17H2,1-6H3. The smallest absolute Gasteiger partial charge is 0.192 e. The number of benzene rings is 1. The summed E-state index contributed by atoms with van der Waals surface area (Å²) in [6.07, 6.45) is 4.23. The summed E-state index contributed by atoms with van der Waals surface area (Å²) in [6, 6.07) is 11.0. The highest BCUT2D eigenvalue weighted by molar-refractivity contribution is 6.74. The lowest BCUT2D eigenvalue weighted by molar-refractivity contribution is 0.105. The minimum Gasteiger partial charge on any atom is -0.413 e. The zero-order valence-electron chi connectivity index (χ0n) is 16.6. The van der Waals surface area contributed by atoms with Crippen LogP contribution in [0.2, 0.25) is 18.1 Å². The maximum absolute atomic E-state index is 6.52. The van der Waals surface area contributed by atoms with Crippen molar-refractivity contribution in [3.05, 3.63) is 35.9 Å². The van der Waals surface area contributed by atoms with E-state index in [0.717, 1.165) is 12.5 Å². The van der Waals surface area contributed by atoms with E-state index in [-0.39, 0.29) is 0 Å². The van der Waals surface area contributed by atoms with Gasteiger partial charge in [0.15, 0.2) is 8.32 Å². The predicted molar refractivity (Wildman–Crippen MR) is 107 cm³/mol. The SMILES string of the molecule is CC(CN1CCC(Cc2ccccc2)CC1)O[Si](C)(C)C(C)(C)C. The van der Waals surface area contributed by atoms with Crippen molar-refractivity contribution in [2.45, 2.75) is 71.2 Å². The van der Waals surface area contributed by atoms with Crippen LogP contribution >= 0.6 is 0 Å². The van der Waals surface area contributed by atoms with Crippen molar-refractivity contribution >= 4 is 8.32 Å². The second kappa shape index (κ2) is 8.16. The summed E-state index contributed by atoms with van der Waals surface area (Å²) in [5.74, 6) is 0.847. The molecule has 1 atom stereocenters. The molecule has 1 fully saturated rings. The van der Waals surface area contributed by atoms with Gasteiger partial charge in [0, 0.05) is 6.54 Å². The molecule has 1 aliphatic heterocycles. The summed E-state index contributed by atoms with van der Waals surface area (Å²) in [6.45, 7) is 17.5. The summed E-state index contributed by atoms with van der Waals surface area (Å²) in [5.41, 5.74) is 1.49. The Hall–Kier alpha value is -0.643. The molecule has 0 aliphatic carbocycles. The normalized spacial score (nSPS) is 19.4. The molecule has 0 N–H and O–H groups in total. The van der Waals surface area contributed by atoms with Gasteiger partial charge in [0.2, 0.25) is 0 Å². The third-order valence-electron chi connectivity index (χ3n) is 5.89. The fourth-order valence-corrected chi connectivity index (χ4v) is 4.84. The van der Waals surface area contributed by atoms with E-state index in [2.05, 4.69) is 76.0 Å². The van der Waals surface area contributed by atoms with Crippen molar-refractivity contribution in [3.8, 4) is 0 Å². The summed E-state index contributed by atoms with van der Waals surface area (Å²) in [7, 11) is -1.64. The van der Waals surface area contributed by atoms with Crippen molar-refractivity contribution < 1.29 is 4.43 Å². The van der Waals surface area contributed by atoms with Crippen LogP contribution in [0, 0.1) is 5.92 Å². The molecule has 3 heteroatoms. The first kappa shape index (κ1) is 19.7. The van der Waals surface area contributed by atoms with Crippen molar-refractivity contribution in [3.63, 3.8) is 0 Å². The fourth-order valence-electron chi connectivity index (χ4n) is 3.40. The third kappa shape index (κ3) is 5.71. The number of hydrogen-bond acceptors (Lipinski definition) is 2. The monoisotopic (exact) mass is 347 g/mol. The van der Waals surface area contributed by atoms with Gasteiger partial charge in [-0.05, 0) is 68.9 Å². The number of likely N-dealkylation sites (tertiary alicyclic amines) is 1. The summed E-state index contributed by atoms with van der Waals surface area (Å²) < 4.78 is 6.52. The van der Waals surface area contributed by atoms with Gasteiger partial charge in [-0.3, -0.25) is 0 Å². The summed E-state index contributed by atoms with van der Waals surface area (Å²) in [5, 5.41) is 0.296. The molecular formula is C21H37NOSi. The number of nitrogens with zero attached hydrogens (tertiary/aromatic N) is 1. The molecule has 136 valence electrons. The lowest BCUT2D eigenvalue weighted by atomic mass is 9.90. The average molecular weight is 348 g/mol. The van der Waals surface area contributed by atoms with Crippen molar-refractivity contribution in [1.82, 2.24) is 4.90 Å². The Kier molecular flexibility index (Phi) is 6.69. The Morgan fingerprint density at radius 2 is 1.71 bits per heavy atom. The summed E-state index contributed by atoms with van der Waals surface area (Å²) in [4.78, 5) is 2.61. The lowest BCUT2D eigenvalue weighted by Crippen LogP contribution is -2.47. The molecular weight excluding hydrogens is 310 g/mol. The van der Waals surface area contributed by atoms with Crippen molar-refractivity contribution in [2.24, 2.45) is 5.92 Å². The van der Waals surface area contributed by atoms with E-state index in [0.29, 0.717) is 11.1 Å². The summed E-state index contributed by atoms with van der Waals surface area (Å²) >= 11 is 0. The van der Waals surface area contributed by atoms with Crippen LogP contribution in [0.1, 0.15) is 46.1 Å². The van der Waals surface area contributed by atoms with E-state index in [4.69, 9.17) is 4.43 Å². The molecule has 1 aromatic rings. The van der Waals surface area contributed by atoms with Gasteiger partial charge in [-0.25, -0.2) is 0 Å². The van der Waals surface area contributed by atoms with Gasteiger partial charge >= 0.3 is 0 Å². The minimum absolute atomic E-state index is 0.296. The Morgan fingerprint density at radius 3 is 2.25 bits per heavy atom. The van der Waals surface area contributed by atoms with Crippen LogP contribution in [0.5, 0.6) is 0 Å². The van der Waals surface area contributed by atoms with E-state index in [1.54, 1.807) is 0 Å². The first-order valence-corrected chi connectivity index (χ1v) is 12.5. The number of hydrogen-bond donors (Lipinski definition) is 0. The van der Waals surface area contributed by atoms with Crippen LogP contribution in [0.15, 0.2) is 30.3 Å². The molecule has 1 saturated heterocycles. The van der Waals surface area contributed by atoms with Crippen LogP contribution in [-0.2, 0) is 10.8 Å². The van der Waals surface area contributed by atoms with Gasteiger partial charge in [0.1, 0.15) is 0 Å². The largest absolute Gasteiger partial charge is 0.413 e. The lowest BCUT2D eigenvalue weighted by Gasteiger charge is -2.40. The highest BCUT2D eigenvalue weighted by Gasteiger charge is 2.38. The number of rotatable bonds is 6. The Morgan fingerprint density at radius 1 is 1.12 bits per heavy atom. The van der Waals surface area contributed by atoms with Gasteiger partial charge in [0.25, 0.3) is 0 Å². The maximum Gasteiger partial charge on any atom is 0.192 e. The van der Waals surface area contributed by atoms with Gasteiger partial charge in [-0.2, -0.15) is 0 Å². The second-order valence-corrected chi connectivity index (χ2v) is 13.9. The molecule has 0 bridgehead atoms. The van der Waals surface area contributed by atoms with Crippen LogP contribution < -0.4 is 0 Å². The second-order valence-electron chi connectivity index (χ2n) is 9.12. The van der Waals surface area contributed by atoms with Gasteiger partial charge < -0.3 is 9.33 Å². The molecule has 1 heterocycles. The molecule has 1 unspecified atom stereocenters. The van der Waals surface area contributed by atoms with E-state index in [9.17, 15) is 0 Å². The topological polar surface area (TPSA) is 12.5 Å². The molecule has 1 aliphatic rings. The molecule has 24 heavy (non-hydrogen) atoms. The van der Waals surface area contributed by atoms with Crippen molar-refractivity contribution in [1.29, 1.82) is 0 Å². The highest BCUT2D eigenvalue weighted by atomic mass is 28.4.